The molecule has 0 radical (unpaired) electrons. The van der Waals surface area contributed by atoms with Gasteiger partial charge in [-0.3, -0.25) is 4.79 Å². The van der Waals surface area contributed by atoms with Gasteiger partial charge in [0, 0.05) is 16.7 Å². The number of carbonyl (C=O) groups excluding carboxylic acids is 1. The lowest BCUT2D eigenvalue weighted by Gasteiger charge is -2.20. The van der Waals surface area contributed by atoms with Crippen LogP contribution in [0.2, 0.25) is 0 Å². The number of hydrogen-bond donors (Lipinski definition) is 0. The number of benzene rings is 5. The van der Waals surface area contributed by atoms with Crippen molar-refractivity contribution < 1.29 is 4.79 Å². The zero-order valence-electron chi connectivity index (χ0n) is 19.9. The van der Waals surface area contributed by atoms with Gasteiger partial charge in [0.1, 0.15) is 6.07 Å². The lowest BCUT2D eigenvalue weighted by Crippen LogP contribution is -2.13. The molecule has 172 valence electrons. The van der Waals surface area contributed by atoms with Crippen molar-refractivity contribution in [1.82, 2.24) is 0 Å². The first-order valence-corrected chi connectivity index (χ1v) is 12.1. The number of hydrogen-bond acceptors (Lipinski definition) is 2. The van der Waals surface area contributed by atoms with Crippen molar-refractivity contribution in [2.75, 3.05) is 0 Å². The fourth-order valence-corrected chi connectivity index (χ4v) is 4.72. The van der Waals surface area contributed by atoms with Crippen LogP contribution in [0.1, 0.15) is 43.7 Å². The van der Waals surface area contributed by atoms with Gasteiger partial charge in [0.05, 0.1) is 5.56 Å². The van der Waals surface area contributed by atoms with Crippen molar-refractivity contribution in [2.45, 2.75) is 12.8 Å². The van der Waals surface area contributed by atoms with Gasteiger partial charge in [0.25, 0.3) is 0 Å². The van der Waals surface area contributed by atoms with Gasteiger partial charge in [-0.15, -0.1) is 0 Å². The summed E-state index contributed by atoms with van der Waals surface area (Å²) in [5, 5.41) is 10.4. The molecule has 0 aliphatic heterocycles. The topological polar surface area (TPSA) is 40.9 Å². The van der Waals surface area contributed by atoms with Crippen LogP contribution in [0.5, 0.6) is 0 Å². The summed E-state index contributed by atoms with van der Waals surface area (Å²) in [6, 6.07) is 44.1. The van der Waals surface area contributed by atoms with E-state index < -0.39 is 0 Å². The second kappa shape index (κ2) is 10.7. The van der Waals surface area contributed by atoms with E-state index in [1.165, 1.54) is 0 Å². The Morgan fingerprint density at radius 1 is 0.639 bits per heavy atom. The lowest BCUT2D eigenvalue weighted by atomic mass is 9.82. The van der Waals surface area contributed by atoms with E-state index in [-0.39, 0.29) is 5.78 Å². The largest absolute Gasteiger partial charge is 0.289 e. The molecular formula is C34H25NO. The predicted octanol–water partition coefficient (Wildman–Crippen LogP) is 7.64. The van der Waals surface area contributed by atoms with Gasteiger partial charge in [-0.05, 0) is 46.7 Å². The summed E-state index contributed by atoms with van der Waals surface area (Å²) in [6.07, 6.45) is 1.10. The van der Waals surface area contributed by atoms with Crippen molar-refractivity contribution in [1.29, 1.82) is 5.26 Å². The quantitative estimate of drug-likeness (QED) is 0.233. The first-order valence-electron chi connectivity index (χ1n) is 12.1. The average molecular weight is 464 g/mol. The highest BCUT2D eigenvalue weighted by Crippen LogP contribution is 2.35. The van der Waals surface area contributed by atoms with Crippen LogP contribution < -0.4 is 0 Å². The van der Waals surface area contributed by atoms with Crippen LogP contribution in [-0.2, 0) is 12.8 Å². The molecule has 0 spiro atoms. The van der Waals surface area contributed by atoms with E-state index in [1.807, 2.05) is 115 Å². The van der Waals surface area contributed by atoms with Crippen molar-refractivity contribution in [2.24, 2.45) is 0 Å². The molecule has 0 aromatic heterocycles. The maximum Gasteiger partial charge on any atom is 0.193 e. The van der Waals surface area contributed by atoms with Gasteiger partial charge in [-0.1, -0.05) is 121 Å². The van der Waals surface area contributed by atoms with Gasteiger partial charge in [0.2, 0.25) is 0 Å². The Morgan fingerprint density at radius 3 is 1.69 bits per heavy atom. The van der Waals surface area contributed by atoms with E-state index in [4.69, 9.17) is 0 Å². The molecule has 5 aromatic carbocycles. The zero-order chi connectivity index (χ0) is 24.7. The minimum atomic E-state index is -0.0522. The Balaban J connectivity index is 1.81. The molecule has 5 rings (SSSR count). The van der Waals surface area contributed by atoms with E-state index in [9.17, 15) is 10.1 Å². The van der Waals surface area contributed by atoms with Crippen LogP contribution in [0.25, 0.3) is 11.1 Å². The molecule has 2 nitrogen and oxygen atoms in total. The van der Waals surface area contributed by atoms with E-state index in [2.05, 4.69) is 18.2 Å². The molecule has 0 saturated carbocycles. The van der Waals surface area contributed by atoms with Crippen LogP contribution in [0.4, 0.5) is 0 Å². The molecule has 0 saturated heterocycles. The first kappa shape index (κ1) is 23.0. The Kier molecular flexibility index (Phi) is 6.83. The second-order valence-corrected chi connectivity index (χ2v) is 8.81. The predicted molar refractivity (Wildman–Crippen MR) is 145 cm³/mol. The summed E-state index contributed by atoms with van der Waals surface area (Å²) < 4.78 is 0. The molecule has 0 fully saturated rings. The van der Waals surface area contributed by atoms with E-state index in [1.54, 1.807) is 0 Å². The zero-order valence-corrected chi connectivity index (χ0v) is 19.9. The van der Waals surface area contributed by atoms with E-state index in [0.29, 0.717) is 29.5 Å². The maximum atomic E-state index is 14.1. The monoisotopic (exact) mass is 463 g/mol. The molecule has 0 N–H and O–H groups in total. The smallest absolute Gasteiger partial charge is 0.193 e. The normalized spacial score (nSPS) is 10.5. The molecule has 0 unspecified atom stereocenters. The van der Waals surface area contributed by atoms with Gasteiger partial charge in [-0.2, -0.15) is 5.26 Å². The number of carbonyl (C=O) groups is 1. The fourth-order valence-electron chi connectivity index (χ4n) is 4.72. The van der Waals surface area contributed by atoms with Crippen LogP contribution in [0.15, 0.2) is 127 Å². The molecule has 0 heterocycles. The van der Waals surface area contributed by atoms with Gasteiger partial charge >= 0.3 is 0 Å². The minimum absolute atomic E-state index is 0.0522. The number of nitrogens with zero attached hydrogens (tertiary/aromatic N) is 1. The number of nitriles is 1. The van der Waals surface area contributed by atoms with Crippen LogP contribution >= 0.6 is 0 Å². The standard InChI is InChI=1S/C34H25NO/c35-24-32-30(27-17-9-3-10-18-27)23-29(21-25-13-5-1-6-14-25)33(34(36)28-19-11-4-12-20-28)31(32)22-26-15-7-2-8-16-26/h1-20,23H,21-22H2. The number of ketones is 1. The molecule has 0 amide bonds. The Morgan fingerprint density at radius 2 is 1.14 bits per heavy atom. The van der Waals surface area contributed by atoms with Crippen molar-refractivity contribution in [3.8, 4) is 17.2 Å². The molecule has 5 aromatic rings. The molecular weight excluding hydrogens is 438 g/mol. The summed E-state index contributed by atoms with van der Waals surface area (Å²) in [4.78, 5) is 14.1. The molecule has 0 aliphatic rings. The minimum Gasteiger partial charge on any atom is -0.289 e. The summed E-state index contributed by atoms with van der Waals surface area (Å²) in [5.74, 6) is -0.0522. The number of rotatable bonds is 7. The van der Waals surface area contributed by atoms with E-state index in [0.717, 1.165) is 33.4 Å². The third-order valence-corrected chi connectivity index (χ3v) is 6.43. The molecule has 0 atom stereocenters. The fraction of sp³-hybridized carbons (Fsp3) is 0.0588. The Bertz CT molecular complexity index is 1520. The highest BCUT2D eigenvalue weighted by molar-refractivity contribution is 6.12. The van der Waals surface area contributed by atoms with Gasteiger partial charge < -0.3 is 0 Å². The molecule has 2 heteroatoms. The summed E-state index contributed by atoms with van der Waals surface area (Å²) >= 11 is 0. The van der Waals surface area contributed by atoms with Gasteiger partial charge in [0.15, 0.2) is 5.78 Å². The molecule has 0 bridgehead atoms. The molecule has 36 heavy (non-hydrogen) atoms. The summed E-state index contributed by atoms with van der Waals surface area (Å²) in [6.45, 7) is 0. The summed E-state index contributed by atoms with van der Waals surface area (Å²) in [5.41, 5.74) is 7.53. The lowest BCUT2D eigenvalue weighted by molar-refractivity contribution is 0.103. The average Bonchev–Trinajstić information content (AvgIpc) is 2.94. The SMILES string of the molecule is N#Cc1c(-c2ccccc2)cc(Cc2ccccc2)c(C(=O)c2ccccc2)c1Cc1ccccc1. The van der Waals surface area contributed by atoms with Gasteiger partial charge in [-0.25, -0.2) is 0 Å². The highest BCUT2D eigenvalue weighted by Gasteiger charge is 2.25. The molecule has 0 aliphatic carbocycles. The third kappa shape index (κ3) is 4.87. The van der Waals surface area contributed by atoms with Crippen molar-refractivity contribution in [3.63, 3.8) is 0 Å². The van der Waals surface area contributed by atoms with Crippen LogP contribution in [0, 0.1) is 11.3 Å². The Hall–Kier alpha value is -4.74. The van der Waals surface area contributed by atoms with Crippen molar-refractivity contribution in [3.05, 3.63) is 166 Å². The van der Waals surface area contributed by atoms with E-state index >= 15 is 0 Å². The van der Waals surface area contributed by atoms with Crippen LogP contribution in [0.3, 0.4) is 0 Å². The second-order valence-electron chi connectivity index (χ2n) is 8.81. The van der Waals surface area contributed by atoms with Crippen molar-refractivity contribution >= 4 is 5.78 Å². The first-order chi connectivity index (χ1) is 17.7. The Labute approximate surface area is 212 Å². The maximum absolute atomic E-state index is 14.1. The van der Waals surface area contributed by atoms with Crippen LogP contribution in [-0.4, -0.2) is 5.78 Å². The summed E-state index contributed by atoms with van der Waals surface area (Å²) in [7, 11) is 0. The third-order valence-electron chi connectivity index (χ3n) is 6.43. The highest BCUT2D eigenvalue weighted by atomic mass is 16.1.